The van der Waals surface area contributed by atoms with E-state index in [0.717, 1.165) is 63.3 Å². The Morgan fingerprint density at radius 3 is 1.22 bits per heavy atom. The van der Waals surface area contributed by atoms with Gasteiger partial charge in [-0.1, -0.05) is 164 Å². The molecule has 1 aliphatic carbocycles. The first-order chi connectivity index (χ1) is 54.9. The van der Waals surface area contributed by atoms with E-state index >= 15 is 0 Å². The van der Waals surface area contributed by atoms with Crippen molar-refractivity contribution in [2.24, 2.45) is 0 Å². The van der Waals surface area contributed by atoms with E-state index in [2.05, 4.69) is 198 Å². The summed E-state index contributed by atoms with van der Waals surface area (Å²) in [5.74, 6) is 9.85. The molecule has 11 aromatic rings. The molecule has 12 rings (SSSR count). The molecule has 0 amide bonds. The highest BCUT2D eigenvalue weighted by Gasteiger charge is 2.22. The summed E-state index contributed by atoms with van der Waals surface area (Å²) in [7, 11) is 1.60. The van der Waals surface area contributed by atoms with Gasteiger partial charge < -0.3 is 32.4 Å². The van der Waals surface area contributed by atoms with Crippen LogP contribution >= 0.6 is 11.6 Å². The van der Waals surface area contributed by atoms with Crippen LogP contribution in [0.25, 0.3) is 0 Å². The van der Waals surface area contributed by atoms with Crippen molar-refractivity contribution in [3.05, 3.63) is 227 Å². The third-order valence-electron chi connectivity index (χ3n) is 15.2. The molecule has 11 heterocycles. The fourth-order valence-corrected chi connectivity index (χ4v) is 8.70. The molecule has 1 saturated carbocycles. The summed E-state index contributed by atoms with van der Waals surface area (Å²) in [6.07, 6.45) is 32.6. The number of nitrogens with one attached hydrogen (secondary N) is 1. The number of aromatic nitrogens is 22. The SMILES string of the molecule is CC(C)c1ccnc(N)n1.CC(C)c1ccnc(NC2CC2)n1.CC(C)c1ccncn1.CC(C)c1ncc(C#N)c(N)n1.CC(C)c1ncc(C#N)cn1.CC(C)c1ncc(O)cn1.CC(C)c1ncncc1Cl.CC(C)c1ncncc1F.CC(C)c1ncncc1N.COc1cnc(C(C)C)nc1.Cc1cnc(C(C)C)nc1. The van der Waals surface area contributed by atoms with Crippen LogP contribution in [0, 0.1) is 35.4 Å². The second-order valence-corrected chi connectivity index (χ2v) is 29.7. The number of hydrogen-bond donors (Lipinski definition) is 5. The van der Waals surface area contributed by atoms with Crippen molar-refractivity contribution < 1.29 is 14.2 Å². The molecule has 0 bridgehead atoms. The van der Waals surface area contributed by atoms with E-state index in [9.17, 15) is 4.39 Å². The topological polar surface area (TPSA) is 451 Å². The average molecular weight is 1610 g/mol. The predicted octanol–water partition coefficient (Wildman–Crippen LogP) is 17.5. The maximum atomic E-state index is 12.7. The lowest BCUT2D eigenvalue weighted by Gasteiger charge is -2.06. The summed E-state index contributed by atoms with van der Waals surface area (Å²) < 4.78 is 17.6. The summed E-state index contributed by atoms with van der Waals surface area (Å²) in [5, 5.41) is 29.7. The van der Waals surface area contributed by atoms with E-state index in [1.165, 1.54) is 56.6 Å². The minimum atomic E-state index is -0.322. The van der Waals surface area contributed by atoms with Crippen LogP contribution in [0.5, 0.6) is 11.5 Å². The number of methoxy groups -OCH3 is 1. The van der Waals surface area contributed by atoms with Crippen molar-refractivity contribution >= 4 is 35.0 Å². The maximum absolute atomic E-state index is 12.7. The Bertz CT molecular complexity index is 4420. The first-order valence-electron chi connectivity index (χ1n) is 38.2. The second kappa shape index (κ2) is 54.6. The van der Waals surface area contributed by atoms with Crippen LogP contribution in [0.3, 0.4) is 0 Å². The van der Waals surface area contributed by atoms with Crippen LogP contribution in [0.2, 0.25) is 5.02 Å². The van der Waals surface area contributed by atoms with Crippen molar-refractivity contribution in [2.75, 3.05) is 29.6 Å². The third-order valence-corrected chi connectivity index (χ3v) is 15.4. The molecule has 30 nitrogen and oxygen atoms in total. The second-order valence-electron chi connectivity index (χ2n) is 29.3. The monoisotopic (exact) mass is 1600 g/mol. The lowest BCUT2D eigenvalue weighted by atomic mass is 10.1. The van der Waals surface area contributed by atoms with Gasteiger partial charge in [0.15, 0.2) is 17.3 Å². The van der Waals surface area contributed by atoms with Crippen LogP contribution in [-0.2, 0) is 0 Å². The molecule has 1 fully saturated rings. The highest BCUT2D eigenvalue weighted by atomic mass is 35.5. The minimum Gasteiger partial charge on any atom is -0.505 e. The normalized spacial score (nSPS) is 10.9. The number of nitrogen functional groups attached to an aromatic ring is 3. The zero-order valence-corrected chi connectivity index (χ0v) is 72.4. The molecule has 8 N–H and O–H groups in total. The van der Waals surface area contributed by atoms with Gasteiger partial charge in [0.2, 0.25) is 11.9 Å². The molecule has 0 saturated heterocycles. The van der Waals surface area contributed by atoms with Crippen molar-refractivity contribution in [2.45, 2.75) is 243 Å². The van der Waals surface area contributed by atoms with Crippen molar-refractivity contribution in [1.82, 2.24) is 110 Å². The summed E-state index contributed by atoms with van der Waals surface area (Å²) in [6, 6.07) is 10.3. The number of aromatic hydroxyl groups is 1. The summed E-state index contributed by atoms with van der Waals surface area (Å²) in [4.78, 5) is 87.7. The van der Waals surface area contributed by atoms with Gasteiger partial charge in [-0.25, -0.2) is 114 Å². The Morgan fingerprint density at radius 2 is 0.853 bits per heavy atom. The van der Waals surface area contributed by atoms with E-state index in [1.807, 2.05) is 125 Å². The molecule has 0 aromatic carbocycles. The van der Waals surface area contributed by atoms with E-state index in [4.69, 9.17) is 49.2 Å². The molecule has 0 radical (unpaired) electrons. The quantitative estimate of drug-likeness (QED) is 0.0675. The number of nitriles is 2. The van der Waals surface area contributed by atoms with Crippen molar-refractivity contribution in [3.63, 3.8) is 0 Å². The van der Waals surface area contributed by atoms with Gasteiger partial charge in [0, 0.05) is 102 Å². The fourth-order valence-electron chi connectivity index (χ4n) is 8.38. The molecule has 11 aromatic heterocycles. The summed E-state index contributed by atoms with van der Waals surface area (Å²) in [5.41, 5.74) is 24.6. The molecule has 1 aliphatic rings. The first kappa shape index (κ1) is 100.0. The van der Waals surface area contributed by atoms with Gasteiger partial charge in [-0.2, -0.15) is 10.5 Å². The predicted molar refractivity (Wildman–Crippen MR) is 455 cm³/mol. The Hall–Kier alpha value is -12.1. The first-order valence-corrected chi connectivity index (χ1v) is 38.6. The molecule has 0 unspecified atom stereocenters. The van der Waals surface area contributed by atoms with E-state index in [1.54, 1.807) is 63.0 Å². The van der Waals surface area contributed by atoms with Crippen LogP contribution in [0.4, 0.5) is 27.8 Å². The number of nitrogens with two attached hydrogens (primary N) is 3. The Labute approximate surface area is 689 Å². The fraction of sp³-hybridized carbons (Fsp3) is 0.452. The molecular formula is C84H118ClFN28O2. The standard InChI is InChI=1S/C10H15N3.C8H10N4.C8H9N3.C8H12N2O.C8H12N2.C7H9ClN2.C7H9FN2.2C7H11N3.C7H10N2O.C7H10N2/c1-7(2)9-5-6-11-10(13-9)12-8-3-4-8;1-5(2)8-11-4-6(3-9)7(10)12-8;1-6(2)8-10-4-7(3-9)5-11-8;1-6(2)8-9-4-7(11-3)5-10-8;1-6(2)8-9-4-7(3)5-10-8;3*1-5(2)7-6(8)3-9-4-10-7;1-5(2)6-3-4-9-7(8)10-6;1-5(2)7-8-3-6(10)4-9-7;1-6(2)7-3-4-8-5-9-7/h5-8H,3-4H2,1-2H3,(H,11,12,13);4-5H,1-2H3,(H2,10,11,12);4-6H,1-2H3;4-6H,1-3H3;4-6H,1-3H3;2*3-5H,1-2H3;3-5H,8H2,1-2H3;3-5H,1-2H3,(H2,8,9,10);3-5,10H,1-2H3;3-6H,1-2H3. The van der Waals surface area contributed by atoms with E-state index in [-0.39, 0.29) is 29.2 Å². The number of ether oxygens (including phenoxy) is 1. The number of halogens is 2. The number of aryl methyl sites for hydroxylation is 1. The lowest BCUT2D eigenvalue weighted by Crippen LogP contribution is -2.06. The van der Waals surface area contributed by atoms with Gasteiger partial charge in [0.1, 0.15) is 78.0 Å². The van der Waals surface area contributed by atoms with Crippen LogP contribution < -0.4 is 27.3 Å². The van der Waals surface area contributed by atoms with E-state index < -0.39 is 0 Å². The molecular weight excluding hydrogens is 1490 g/mol. The van der Waals surface area contributed by atoms with Crippen LogP contribution in [-0.4, -0.2) is 128 Å². The van der Waals surface area contributed by atoms with Gasteiger partial charge in [0.25, 0.3) is 0 Å². The number of hydrogen-bond acceptors (Lipinski definition) is 30. The molecule has 0 atom stereocenters. The van der Waals surface area contributed by atoms with Crippen LogP contribution in [0.1, 0.15) is 310 Å². The molecule has 0 spiro atoms. The molecule has 620 valence electrons. The largest absolute Gasteiger partial charge is 0.505 e. The summed E-state index contributed by atoms with van der Waals surface area (Å²) >= 11 is 5.79. The Morgan fingerprint density at radius 1 is 0.431 bits per heavy atom. The molecule has 0 aliphatic heterocycles. The number of anilines is 4. The Kier molecular flexibility index (Phi) is 47.0. The van der Waals surface area contributed by atoms with Gasteiger partial charge in [-0.3, -0.25) is 0 Å². The highest BCUT2D eigenvalue weighted by Crippen LogP contribution is 2.25. The van der Waals surface area contributed by atoms with Crippen molar-refractivity contribution in [1.29, 1.82) is 10.5 Å². The number of rotatable bonds is 14. The molecule has 32 heteroatoms. The van der Waals surface area contributed by atoms with Gasteiger partial charge in [-0.15, -0.1) is 0 Å². The average Bonchev–Trinajstić information content (AvgIpc) is 1.62. The zero-order chi connectivity index (χ0) is 87.0. The maximum Gasteiger partial charge on any atom is 0.223 e. The van der Waals surface area contributed by atoms with Crippen molar-refractivity contribution in [3.8, 4) is 23.6 Å². The number of nitrogens with zero attached hydrogens (tertiary/aromatic N) is 24. The Balaban J connectivity index is 0.000000433. The van der Waals surface area contributed by atoms with E-state index in [0.29, 0.717) is 104 Å². The van der Waals surface area contributed by atoms with Gasteiger partial charge >= 0.3 is 0 Å². The highest BCUT2D eigenvalue weighted by molar-refractivity contribution is 6.31. The lowest BCUT2D eigenvalue weighted by molar-refractivity contribution is 0.409. The van der Waals surface area contributed by atoms with Gasteiger partial charge in [-0.05, 0) is 79.0 Å². The third kappa shape index (κ3) is 41.1. The van der Waals surface area contributed by atoms with Crippen LogP contribution in [0.15, 0.2) is 136 Å². The zero-order valence-electron chi connectivity index (χ0n) is 71.6. The summed E-state index contributed by atoms with van der Waals surface area (Å²) in [6.45, 7) is 46.9. The smallest absolute Gasteiger partial charge is 0.223 e. The molecule has 116 heavy (non-hydrogen) atoms. The minimum absolute atomic E-state index is 0.115. The van der Waals surface area contributed by atoms with Gasteiger partial charge in [0.05, 0.1) is 83.8 Å².